The van der Waals surface area contributed by atoms with Crippen LogP contribution in [0.25, 0.3) is 11.4 Å². The number of unbranched alkanes of at least 4 members (excludes halogenated alkanes) is 1. The minimum Gasteiger partial charge on any atom is -0.494 e. The minimum atomic E-state index is 0.275. The first-order valence-electron chi connectivity index (χ1n) is 7.03. The van der Waals surface area contributed by atoms with Gasteiger partial charge in [-0.05, 0) is 56.8 Å². The summed E-state index contributed by atoms with van der Waals surface area (Å²) in [5, 5.41) is 7.18. The predicted octanol–water partition coefficient (Wildman–Crippen LogP) is 4.37. The summed E-state index contributed by atoms with van der Waals surface area (Å²) >= 11 is 5.27. The fourth-order valence-electron chi connectivity index (χ4n) is 2.02. The van der Waals surface area contributed by atoms with Gasteiger partial charge in [-0.15, -0.1) is 0 Å². The molecule has 0 saturated carbocycles. The van der Waals surface area contributed by atoms with Gasteiger partial charge in [0.15, 0.2) is 10.6 Å². The van der Waals surface area contributed by atoms with E-state index in [4.69, 9.17) is 17.0 Å². The molecule has 20 heavy (non-hydrogen) atoms. The Morgan fingerprint density at radius 2 is 2.00 bits per heavy atom. The van der Waals surface area contributed by atoms with E-state index in [0.29, 0.717) is 4.77 Å². The van der Waals surface area contributed by atoms with Crippen molar-refractivity contribution in [3.8, 4) is 17.1 Å². The molecule has 1 N–H and O–H groups in total. The lowest BCUT2D eigenvalue weighted by Crippen LogP contribution is -2.03. The van der Waals surface area contributed by atoms with Crippen molar-refractivity contribution in [3.05, 3.63) is 29.0 Å². The molecule has 0 saturated heterocycles. The molecular weight excluding hydrogens is 270 g/mol. The highest BCUT2D eigenvalue weighted by atomic mass is 32.1. The van der Waals surface area contributed by atoms with Crippen LogP contribution >= 0.6 is 12.2 Å². The molecule has 0 radical (unpaired) electrons. The Morgan fingerprint density at radius 1 is 1.30 bits per heavy atom. The van der Waals surface area contributed by atoms with E-state index in [-0.39, 0.29) is 6.04 Å². The van der Waals surface area contributed by atoms with Gasteiger partial charge in [0.2, 0.25) is 0 Å². The third-order valence-corrected chi connectivity index (χ3v) is 3.39. The van der Waals surface area contributed by atoms with Crippen LogP contribution in [0.1, 0.15) is 39.7 Å². The van der Waals surface area contributed by atoms with Gasteiger partial charge >= 0.3 is 0 Å². The van der Waals surface area contributed by atoms with Crippen LogP contribution < -0.4 is 4.74 Å². The van der Waals surface area contributed by atoms with E-state index in [1.54, 1.807) is 0 Å². The van der Waals surface area contributed by atoms with Crippen LogP contribution in [0.5, 0.6) is 5.75 Å². The lowest BCUT2D eigenvalue weighted by Gasteiger charge is -2.11. The second kappa shape index (κ2) is 6.70. The van der Waals surface area contributed by atoms with Gasteiger partial charge in [0, 0.05) is 11.6 Å². The highest BCUT2D eigenvalue weighted by Crippen LogP contribution is 2.23. The number of aromatic amines is 1. The first kappa shape index (κ1) is 14.8. The molecule has 108 valence electrons. The summed E-state index contributed by atoms with van der Waals surface area (Å²) in [6.45, 7) is 7.11. The van der Waals surface area contributed by atoms with Crippen molar-refractivity contribution >= 4 is 12.2 Å². The zero-order chi connectivity index (χ0) is 14.5. The summed E-state index contributed by atoms with van der Waals surface area (Å²) in [6.07, 6.45) is 2.22. The predicted molar refractivity (Wildman–Crippen MR) is 83.6 cm³/mol. The van der Waals surface area contributed by atoms with E-state index in [1.807, 2.05) is 28.8 Å². The van der Waals surface area contributed by atoms with E-state index < -0.39 is 0 Å². The lowest BCUT2D eigenvalue weighted by molar-refractivity contribution is 0.309. The number of hydrogen-bond donors (Lipinski definition) is 1. The molecule has 2 aromatic rings. The first-order valence-corrected chi connectivity index (χ1v) is 7.44. The van der Waals surface area contributed by atoms with Gasteiger partial charge in [-0.2, -0.15) is 5.10 Å². The highest BCUT2D eigenvalue weighted by Gasteiger charge is 2.11. The van der Waals surface area contributed by atoms with E-state index >= 15 is 0 Å². The van der Waals surface area contributed by atoms with Crippen molar-refractivity contribution < 1.29 is 4.74 Å². The third-order valence-electron chi connectivity index (χ3n) is 3.10. The maximum atomic E-state index is 5.66. The van der Waals surface area contributed by atoms with Gasteiger partial charge in [0.25, 0.3) is 0 Å². The molecule has 0 fully saturated rings. The molecule has 1 aromatic heterocycles. The average Bonchev–Trinajstić information content (AvgIpc) is 2.82. The van der Waals surface area contributed by atoms with Crippen LogP contribution in [0, 0.1) is 4.77 Å². The molecule has 0 amide bonds. The van der Waals surface area contributed by atoms with E-state index in [0.717, 1.165) is 36.6 Å². The van der Waals surface area contributed by atoms with E-state index in [2.05, 4.69) is 31.0 Å². The molecule has 0 atom stereocenters. The molecular formula is C15H21N3OS. The summed E-state index contributed by atoms with van der Waals surface area (Å²) in [4.78, 5) is 0. The maximum absolute atomic E-state index is 5.66. The Kier molecular flexibility index (Phi) is 4.95. The average molecular weight is 291 g/mol. The van der Waals surface area contributed by atoms with Crippen LogP contribution in [-0.2, 0) is 0 Å². The number of ether oxygens (including phenoxy) is 1. The number of benzene rings is 1. The molecule has 0 aliphatic carbocycles. The summed E-state index contributed by atoms with van der Waals surface area (Å²) in [6, 6.07) is 8.27. The van der Waals surface area contributed by atoms with Crippen LogP contribution in [-0.4, -0.2) is 21.4 Å². The quantitative estimate of drug-likeness (QED) is 0.635. The summed E-state index contributed by atoms with van der Waals surface area (Å²) in [7, 11) is 0. The number of rotatable bonds is 6. The second-order valence-corrected chi connectivity index (χ2v) is 5.43. The number of nitrogens with zero attached hydrogens (tertiary/aromatic N) is 2. The van der Waals surface area contributed by atoms with Crippen LogP contribution in [0.15, 0.2) is 24.3 Å². The molecule has 0 aliphatic rings. The van der Waals surface area contributed by atoms with E-state index in [1.165, 1.54) is 0 Å². The summed E-state index contributed by atoms with van der Waals surface area (Å²) < 4.78 is 8.33. The maximum Gasteiger partial charge on any atom is 0.195 e. The van der Waals surface area contributed by atoms with Gasteiger partial charge in [-0.1, -0.05) is 13.3 Å². The van der Waals surface area contributed by atoms with Crippen LogP contribution in [0.2, 0.25) is 0 Å². The normalized spacial score (nSPS) is 11.0. The second-order valence-electron chi connectivity index (χ2n) is 5.04. The summed E-state index contributed by atoms with van der Waals surface area (Å²) in [5.41, 5.74) is 1.04. The van der Waals surface area contributed by atoms with Crippen LogP contribution in [0.3, 0.4) is 0 Å². The number of hydrogen-bond acceptors (Lipinski definition) is 3. The molecule has 1 heterocycles. The molecule has 4 nitrogen and oxygen atoms in total. The third kappa shape index (κ3) is 3.28. The van der Waals surface area contributed by atoms with Crippen molar-refractivity contribution in [1.29, 1.82) is 0 Å². The van der Waals surface area contributed by atoms with Crippen molar-refractivity contribution in [3.63, 3.8) is 0 Å². The monoisotopic (exact) mass is 291 g/mol. The lowest BCUT2D eigenvalue weighted by atomic mass is 10.2. The molecule has 1 aromatic carbocycles. The highest BCUT2D eigenvalue weighted by molar-refractivity contribution is 7.71. The Labute approximate surface area is 124 Å². The van der Waals surface area contributed by atoms with Gasteiger partial charge in [-0.3, -0.25) is 9.67 Å². The molecule has 0 spiro atoms. The Bertz CT molecular complexity index is 598. The zero-order valence-corrected chi connectivity index (χ0v) is 13.0. The van der Waals surface area contributed by atoms with Crippen molar-refractivity contribution in [1.82, 2.24) is 14.8 Å². The Hall–Kier alpha value is -1.62. The minimum absolute atomic E-state index is 0.275. The van der Waals surface area contributed by atoms with Gasteiger partial charge in [0.1, 0.15) is 5.75 Å². The van der Waals surface area contributed by atoms with Crippen molar-refractivity contribution in [2.24, 2.45) is 0 Å². The fraction of sp³-hybridized carbons (Fsp3) is 0.467. The van der Waals surface area contributed by atoms with Gasteiger partial charge in [0.05, 0.1) is 6.61 Å². The molecule has 0 unspecified atom stereocenters. The van der Waals surface area contributed by atoms with Gasteiger partial charge in [-0.25, -0.2) is 0 Å². The number of aromatic nitrogens is 3. The topological polar surface area (TPSA) is 42.8 Å². The zero-order valence-electron chi connectivity index (χ0n) is 12.2. The molecule has 0 aliphatic heterocycles. The standard InChI is InChI=1S/C15H21N3OS/c1-4-5-10-19-13-8-6-12(7-9-13)14-16-17-15(20)18(14)11(2)3/h6-9,11H,4-5,10H2,1-3H3,(H,17,20). The number of nitrogens with one attached hydrogen (secondary N) is 1. The van der Waals surface area contributed by atoms with Crippen LogP contribution in [0.4, 0.5) is 0 Å². The Balaban J connectivity index is 2.20. The molecule has 2 rings (SSSR count). The SMILES string of the molecule is CCCCOc1ccc(-c2n[nH]c(=S)n2C(C)C)cc1. The Morgan fingerprint density at radius 3 is 2.60 bits per heavy atom. The largest absolute Gasteiger partial charge is 0.494 e. The summed E-state index contributed by atoms with van der Waals surface area (Å²) in [5.74, 6) is 1.76. The number of H-pyrrole nitrogens is 1. The smallest absolute Gasteiger partial charge is 0.195 e. The molecule has 0 bridgehead atoms. The molecule has 5 heteroatoms. The van der Waals surface area contributed by atoms with E-state index in [9.17, 15) is 0 Å². The van der Waals surface area contributed by atoms with Crippen molar-refractivity contribution in [2.45, 2.75) is 39.7 Å². The fourth-order valence-corrected chi connectivity index (χ4v) is 2.36. The van der Waals surface area contributed by atoms with Crippen molar-refractivity contribution in [2.75, 3.05) is 6.61 Å². The first-order chi connectivity index (χ1) is 9.63. The van der Waals surface area contributed by atoms with Gasteiger partial charge < -0.3 is 4.74 Å².